The molecule has 0 aliphatic carbocycles. The lowest BCUT2D eigenvalue weighted by Crippen LogP contribution is -2.13. The molecular weight excluding hydrogens is 320 g/mol. The van der Waals surface area contributed by atoms with Gasteiger partial charge in [-0.05, 0) is 43.7 Å². The highest BCUT2D eigenvalue weighted by molar-refractivity contribution is 5.91. The van der Waals surface area contributed by atoms with Gasteiger partial charge in [0.25, 0.3) is 0 Å². The minimum atomic E-state index is -0.0914. The second kappa shape index (κ2) is 9.42. The third kappa shape index (κ3) is 5.60. The number of nitrogen functional groups attached to an aromatic ring is 1. The molecule has 2 aromatic rings. The molecule has 1 amide bonds. The zero-order valence-electron chi connectivity index (χ0n) is 14.6. The largest absolute Gasteiger partial charge is 0.495 e. The van der Waals surface area contributed by atoms with E-state index in [1.165, 1.54) is 0 Å². The zero-order valence-corrected chi connectivity index (χ0v) is 14.6. The minimum absolute atomic E-state index is 0.0914. The average molecular weight is 344 g/mol. The van der Waals surface area contributed by atoms with Gasteiger partial charge in [-0.1, -0.05) is 12.1 Å². The van der Waals surface area contributed by atoms with E-state index in [1.807, 2.05) is 31.2 Å². The van der Waals surface area contributed by atoms with Gasteiger partial charge in [0, 0.05) is 12.1 Å². The number of para-hydroxylation sites is 2. The molecule has 6 heteroatoms. The number of methoxy groups -OCH3 is 1. The topological polar surface area (TPSA) is 82.8 Å². The summed E-state index contributed by atoms with van der Waals surface area (Å²) >= 11 is 0. The van der Waals surface area contributed by atoms with Crippen molar-refractivity contribution in [3.8, 4) is 17.2 Å². The number of hydrogen-bond acceptors (Lipinski definition) is 5. The molecule has 0 saturated carbocycles. The Hall–Kier alpha value is -2.89. The van der Waals surface area contributed by atoms with Crippen molar-refractivity contribution in [3.05, 3.63) is 42.5 Å². The Balaban J connectivity index is 1.76. The number of anilines is 2. The van der Waals surface area contributed by atoms with Crippen LogP contribution in [0.25, 0.3) is 0 Å². The number of carbonyl (C=O) groups is 1. The number of ether oxygens (including phenoxy) is 3. The van der Waals surface area contributed by atoms with Gasteiger partial charge in [-0.2, -0.15) is 0 Å². The van der Waals surface area contributed by atoms with Crippen molar-refractivity contribution in [1.82, 2.24) is 0 Å². The van der Waals surface area contributed by atoms with Crippen LogP contribution in [0.15, 0.2) is 42.5 Å². The van der Waals surface area contributed by atoms with E-state index in [1.54, 1.807) is 25.3 Å². The van der Waals surface area contributed by atoms with E-state index in [-0.39, 0.29) is 5.91 Å². The summed E-state index contributed by atoms with van der Waals surface area (Å²) in [5, 5.41) is 2.81. The molecule has 0 spiro atoms. The van der Waals surface area contributed by atoms with Crippen molar-refractivity contribution in [1.29, 1.82) is 0 Å². The second-order valence-corrected chi connectivity index (χ2v) is 5.34. The minimum Gasteiger partial charge on any atom is -0.495 e. The first kappa shape index (κ1) is 18.4. The van der Waals surface area contributed by atoms with Crippen molar-refractivity contribution < 1.29 is 19.0 Å². The maximum atomic E-state index is 12.0. The van der Waals surface area contributed by atoms with E-state index >= 15 is 0 Å². The van der Waals surface area contributed by atoms with Crippen molar-refractivity contribution in [3.63, 3.8) is 0 Å². The van der Waals surface area contributed by atoms with Gasteiger partial charge < -0.3 is 25.3 Å². The van der Waals surface area contributed by atoms with Gasteiger partial charge in [-0.15, -0.1) is 0 Å². The van der Waals surface area contributed by atoms with Gasteiger partial charge >= 0.3 is 0 Å². The quantitative estimate of drug-likeness (QED) is 0.537. The highest BCUT2D eigenvalue weighted by Crippen LogP contribution is 2.27. The third-order valence-electron chi connectivity index (χ3n) is 3.47. The average Bonchev–Trinajstić information content (AvgIpc) is 2.60. The molecule has 2 rings (SSSR count). The first-order chi connectivity index (χ1) is 12.1. The number of hydrogen-bond donors (Lipinski definition) is 2. The van der Waals surface area contributed by atoms with Crippen LogP contribution in [0.2, 0.25) is 0 Å². The van der Waals surface area contributed by atoms with Gasteiger partial charge in [0.1, 0.15) is 5.75 Å². The molecule has 134 valence electrons. The molecule has 3 N–H and O–H groups in total. The van der Waals surface area contributed by atoms with Crippen LogP contribution < -0.4 is 25.3 Å². The highest BCUT2D eigenvalue weighted by Gasteiger charge is 2.07. The van der Waals surface area contributed by atoms with Crippen LogP contribution in [-0.2, 0) is 4.79 Å². The van der Waals surface area contributed by atoms with Crippen molar-refractivity contribution >= 4 is 17.3 Å². The Kier molecular flexibility index (Phi) is 6.95. The summed E-state index contributed by atoms with van der Waals surface area (Å²) in [6.45, 7) is 2.93. The summed E-state index contributed by atoms with van der Waals surface area (Å²) in [6, 6.07) is 12.6. The smallest absolute Gasteiger partial charge is 0.224 e. The number of benzene rings is 2. The van der Waals surface area contributed by atoms with Crippen LogP contribution in [0.5, 0.6) is 17.2 Å². The fourth-order valence-electron chi connectivity index (χ4n) is 2.29. The maximum Gasteiger partial charge on any atom is 0.224 e. The molecule has 0 bridgehead atoms. The summed E-state index contributed by atoms with van der Waals surface area (Å²) < 4.78 is 16.3. The van der Waals surface area contributed by atoms with Crippen molar-refractivity contribution in [2.45, 2.75) is 19.8 Å². The van der Waals surface area contributed by atoms with Gasteiger partial charge in [-0.3, -0.25) is 4.79 Å². The Morgan fingerprint density at radius 3 is 2.44 bits per heavy atom. The summed E-state index contributed by atoms with van der Waals surface area (Å²) in [6.07, 6.45) is 0.945. The first-order valence-electron chi connectivity index (χ1n) is 8.22. The fourth-order valence-corrected chi connectivity index (χ4v) is 2.29. The number of nitrogens with one attached hydrogen (secondary N) is 1. The summed E-state index contributed by atoms with van der Waals surface area (Å²) in [5.41, 5.74) is 6.95. The molecule has 0 heterocycles. The van der Waals surface area contributed by atoms with Crippen LogP contribution in [0.1, 0.15) is 19.8 Å². The highest BCUT2D eigenvalue weighted by atomic mass is 16.5. The van der Waals surface area contributed by atoms with Gasteiger partial charge in [0.15, 0.2) is 11.5 Å². The SMILES string of the molecule is CCOc1ccccc1OCCCC(=O)Nc1ccc(OC)c(N)c1. The summed E-state index contributed by atoms with van der Waals surface area (Å²) in [7, 11) is 1.55. The Morgan fingerprint density at radius 1 is 1.08 bits per heavy atom. The van der Waals surface area contributed by atoms with Crippen LogP contribution in [0, 0.1) is 0 Å². The van der Waals surface area contributed by atoms with Gasteiger partial charge in [-0.25, -0.2) is 0 Å². The number of carbonyl (C=O) groups excluding carboxylic acids is 1. The molecular formula is C19H24N2O4. The van der Waals surface area contributed by atoms with Crippen molar-refractivity contribution in [2.75, 3.05) is 31.4 Å². The molecule has 6 nitrogen and oxygen atoms in total. The standard InChI is InChI=1S/C19H24N2O4/c1-3-24-17-7-4-5-8-18(17)25-12-6-9-19(22)21-14-10-11-16(23-2)15(20)13-14/h4-5,7-8,10-11,13H,3,6,9,12,20H2,1-2H3,(H,21,22). The molecule has 0 radical (unpaired) electrons. The molecule has 0 unspecified atom stereocenters. The predicted octanol–water partition coefficient (Wildman–Crippen LogP) is 3.47. The van der Waals surface area contributed by atoms with Gasteiger partial charge in [0.2, 0.25) is 5.91 Å². The van der Waals surface area contributed by atoms with Gasteiger partial charge in [0.05, 0.1) is 26.0 Å². The van der Waals surface area contributed by atoms with Crippen molar-refractivity contribution in [2.24, 2.45) is 0 Å². The molecule has 0 fully saturated rings. The van der Waals surface area contributed by atoms with E-state index in [4.69, 9.17) is 19.9 Å². The normalized spacial score (nSPS) is 10.2. The van der Waals surface area contributed by atoms with E-state index in [0.29, 0.717) is 54.7 Å². The Bertz CT molecular complexity index is 704. The summed E-state index contributed by atoms with van der Waals surface area (Å²) in [4.78, 5) is 12.0. The molecule has 0 aromatic heterocycles. The predicted molar refractivity (Wildman–Crippen MR) is 98.4 cm³/mol. The first-order valence-corrected chi connectivity index (χ1v) is 8.22. The molecule has 0 atom stereocenters. The molecule has 2 aromatic carbocycles. The third-order valence-corrected chi connectivity index (χ3v) is 3.47. The number of amides is 1. The molecule has 0 aliphatic heterocycles. The summed E-state index contributed by atoms with van der Waals surface area (Å²) in [5.74, 6) is 1.89. The zero-order chi connectivity index (χ0) is 18.1. The second-order valence-electron chi connectivity index (χ2n) is 5.34. The molecule has 0 saturated heterocycles. The van der Waals surface area contributed by atoms with Crippen LogP contribution in [-0.4, -0.2) is 26.2 Å². The Morgan fingerprint density at radius 2 is 1.80 bits per heavy atom. The van der Waals surface area contributed by atoms with E-state index in [9.17, 15) is 4.79 Å². The van der Waals surface area contributed by atoms with Crippen LogP contribution in [0.4, 0.5) is 11.4 Å². The Labute approximate surface area is 147 Å². The number of nitrogens with two attached hydrogens (primary N) is 1. The lowest BCUT2D eigenvalue weighted by molar-refractivity contribution is -0.116. The van der Waals surface area contributed by atoms with E-state index in [2.05, 4.69) is 5.32 Å². The molecule has 0 aliphatic rings. The van der Waals surface area contributed by atoms with Crippen LogP contribution in [0.3, 0.4) is 0 Å². The lowest BCUT2D eigenvalue weighted by atomic mass is 10.2. The van der Waals surface area contributed by atoms with E-state index in [0.717, 1.165) is 0 Å². The molecule has 25 heavy (non-hydrogen) atoms. The van der Waals surface area contributed by atoms with E-state index < -0.39 is 0 Å². The number of rotatable bonds is 9. The fraction of sp³-hybridized carbons (Fsp3) is 0.316. The maximum absolute atomic E-state index is 12.0. The lowest BCUT2D eigenvalue weighted by Gasteiger charge is -2.11. The van der Waals surface area contributed by atoms with Crippen LogP contribution >= 0.6 is 0 Å². The monoisotopic (exact) mass is 344 g/mol.